The van der Waals surface area contributed by atoms with Gasteiger partial charge in [0.15, 0.2) is 0 Å². The molecule has 0 spiro atoms. The maximum atomic E-state index is 12.4. The average molecular weight is 294 g/mol. The molecule has 3 N–H and O–H groups in total. The highest BCUT2D eigenvalue weighted by Gasteiger charge is 2.25. The minimum Gasteiger partial charge on any atom is -0.375 e. The lowest BCUT2D eigenvalue weighted by Gasteiger charge is -2.32. The summed E-state index contributed by atoms with van der Waals surface area (Å²) in [5.74, 6) is 5.10. The van der Waals surface area contributed by atoms with Crippen molar-refractivity contribution in [2.75, 3.05) is 25.1 Å². The molecule has 1 aromatic carbocycles. The fourth-order valence-corrected chi connectivity index (χ4v) is 2.28. The summed E-state index contributed by atoms with van der Waals surface area (Å²) in [6.07, 6.45) is 0.868. The molecule has 1 amide bonds. The van der Waals surface area contributed by atoms with E-state index in [1.54, 1.807) is 4.90 Å². The lowest BCUT2D eigenvalue weighted by molar-refractivity contribution is -0.384. The van der Waals surface area contributed by atoms with E-state index in [0.29, 0.717) is 25.3 Å². The topological polar surface area (TPSA) is 111 Å². The number of carbonyl (C=O) groups excluding carboxylic acids is 1. The van der Waals surface area contributed by atoms with E-state index in [4.69, 9.17) is 10.6 Å². The molecule has 1 aliphatic heterocycles. The van der Waals surface area contributed by atoms with Crippen LogP contribution in [-0.2, 0) is 4.74 Å². The minimum absolute atomic E-state index is 0.0350. The van der Waals surface area contributed by atoms with Crippen LogP contribution in [-0.4, -0.2) is 41.5 Å². The highest BCUT2D eigenvalue weighted by Crippen LogP contribution is 2.25. The van der Waals surface area contributed by atoms with Crippen LogP contribution in [0.1, 0.15) is 23.7 Å². The zero-order chi connectivity index (χ0) is 15.4. The van der Waals surface area contributed by atoms with Gasteiger partial charge in [-0.15, -0.1) is 0 Å². The van der Waals surface area contributed by atoms with Crippen molar-refractivity contribution in [3.63, 3.8) is 0 Å². The van der Waals surface area contributed by atoms with E-state index in [9.17, 15) is 14.9 Å². The van der Waals surface area contributed by atoms with Crippen LogP contribution in [0.25, 0.3) is 0 Å². The number of hydrazine groups is 1. The van der Waals surface area contributed by atoms with Gasteiger partial charge in [-0.05, 0) is 18.6 Å². The second-order valence-electron chi connectivity index (χ2n) is 4.79. The van der Waals surface area contributed by atoms with E-state index in [1.807, 2.05) is 6.92 Å². The highest BCUT2D eigenvalue weighted by atomic mass is 16.6. The number of nitro benzene ring substituents is 1. The number of morpholine rings is 1. The van der Waals surface area contributed by atoms with Crippen LogP contribution in [0.15, 0.2) is 18.2 Å². The summed E-state index contributed by atoms with van der Waals surface area (Å²) in [6.45, 7) is 3.54. The molecule has 1 unspecified atom stereocenters. The van der Waals surface area contributed by atoms with E-state index < -0.39 is 4.92 Å². The molecule has 21 heavy (non-hydrogen) atoms. The number of hydrogen-bond acceptors (Lipinski definition) is 6. The SMILES string of the molecule is CCC1CN(C(=O)c2ccc([N+](=O)[O-])c(NN)c2)CCO1. The quantitative estimate of drug-likeness (QED) is 0.489. The summed E-state index contributed by atoms with van der Waals surface area (Å²) < 4.78 is 5.52. The van der Waals surface area contributed by atoms with Crippen molar-refractivity contribution in [1.29, 1.82) is 0 Å². The van der Waals surface area contributed by atoms with Crippen molar-refractivity contribution in [3.8, 4) is 0 Å². The van der Waals surface area contributed by atoms with Crippen LogP contribution in [0, 0.1) is 10.1 Å². The molecular formula is C13H18N4O4. The molecule has 1 saturated heterocycles. The monoisotopic (exact) mass is 294 g/mol. The van der Waals surface area contributed by atoms with Gasteiger partial charge in [0.25, 0.3) is 11.6 Å². The lowest BCUT2D eigenvalue weighted by Crippen LogP contribution is -2.45. The van der Waals surface area contributed by atoms with E-state index in [1.165, 1.54) is 18.2 Å². The van der Waals surface area contributed by atoms with E-state index in [0.717, 1.165) is 6.42 Å². The molecule has 1 aliphatic rings. The first-order chi connectivity index (χ1) is 10.1. The molecule has 114 valence electrons. The molecule has 8 nitrogen and oxygen atoms in total. The van der Waals surface area contributed by atoms with Gasteiger partial charge in [-0.1, -0.05) is 6.92 Å². The summed E-state index contributed by atoms with van der Waals surface area (Å²) in [5.41, 5.74) is 2.58. The van der Waals surface area contributed by atoms with Crippen LogP contribution in [0.3, 0.4) is 0 Å². The van der Waals surface area contributed by atoms with Crippen molar-refractivity contribution in [2.45, 2.75) is 19.4 Å². The van der Waals surface area contributed by atoms with Gasteiger partial charge < -0.3 is 15.1 Å². The summed E-state index contributed by atoms with van der Waals surface area (Å²) in [6, 6.07) is 4.12. The molecule has 8 heteroatoms. The minimum atomic E-state index is -0.550. The summed E-state index contributed by atoms with van der Waals surface area (Å²) >= 11 is 0. The maximum absolute atomic E-state index is 12.4. The Kier molecular flexibility index (Phi) is 4.71. The third-order valence-corrected chi connectivity index (χ3v) is 3.48. The van der Waals surface area contributed by atoms with E-state index in [2.05, 4.69) is 5.43 Å². The Morgan fingerprint density at radius 3 is 3.00 bits per heavy atom. The molecule has 1 aromatic rings. The summed E-state index contributed by atoms with van der Waals surface area (Å²) in [5, 5.41) is 10.8. The van der Waals surface area contributed by atoms with Crippen LogP contribution >= 0.6 is 0 Å². The highest BCUT2D eigenvalue weighted by molar-refractivity contribution is 5.96. The van der Waals surface area contributed by atoms with Crippen molar-refractivity contribution in [3.05, 3.63) is 33.9 Å². The Labute approximate surface area is 122 Å². The number of benzene rings is 1. The molecule has 0 bridgehead atoms. The molecule has 1 heterocycles. The number of nitrogens with one attached hydrogen (secondary N) is 1. The second-order valence-corrected chi connectivity index (χ2v) is 4.79. The van der Waals surface area contributed by atoms with Gasteiger partial charge in [0.2, 0.25) is 0 Å². The first-order valence-electron chi connectivity index (χ1n) is 6.72. The smallest absolute Gasteiger partial charge is 0.293 e. The number of amides is 1. The van der Waals surface area contributed by atoms with Gasteiger partial charge in [0.1, 0.15) is 5.69 Å². The third kappa shape index (κ3) is 3.29. The fraction of sp³-hybridized carbons (Fsp3) is 0.462. The molecule has 0 aliphatic carbocycles. The third-order valence-electron chi connectivity index (χ3n) is 3.48. The van der Waals surface area contributed by atoms with Gasteiger partial charge >= 0.3 is 0 Å². The Hall–Kier alpha value is -2.19. The molecule has 0 aromatic heterocycles. The predicted octanol–water partition coefficient (Wildman–Crippen LogP) is 1.13. The summed E-state index contributed by atoms with van der Waals surface area (Å²) in [4.78, 5) is 24.4. The van der Waals surface area contributed by atoms with Crippen molar-refractivity contribution in [2.24, 2.45) is 5.84 Å². The second kappa shape index (κ2) is 6.51. The van der Waals surface area contributed by atoms with Crippen molar-refractivity contribution >= 4 is 17.3 Å². The van der Waals surface area contributed by atoms with E-state index >= 15 is 0 Å². The zero-order valence-electron chi connectivity index (χ0n) is 11.7. The number of nitrogens with two attached hydrogens (primary N) is 1. The van der Waals surface area contributed by atoms with Crippen molar-refractivity contribution < 1.29 is 14.5 Å². The van der Waals surface area contributed by atoms with Crippen LogP contribution in [0.4, 0.5) is 11.4 Å². The Morgan fingerprint density at radius 1 is 1.62 bits per heavy atom. The number of nitrogens with zero attached hydrogens (tertiary/aromatic N) is 2. The van der Waals surface area contributed by atoms with Gasteiger partial charge in [0.05, 0.1) is 17.6 Å². The largest absolute Gasteiger partial charge is 0.375 e. The first-order valence-corrected chi connectivity index (χ1v) is 6.72. The number of carbonyl (C=O) groups is 1. The molecule has 1 fully saturated rings. The Morgan fingerprint density at radius 2 is 2.38 bits per heavy atom. The number of ether oxygens (including phenoxy) is 1. The van der Waals surface area contributed by atoms with Crippen LogP contribution < -0.4 is 11.3 Å². The number of rotatable bonds is 4. The Bertz CT molecular complexity index is 549. The normalized spacial score (nSPS) is 18.4. The molecule has 0 saturated carbocycles. The fourth-order valence-electron chi connectivity index (χ4n) is 2.28. The average Bonchev–Trinajstić information content (AvgIpc) is 2.53. The molecule has 2 rings (SSSR count). The first kappa shape index (κ1) is 15.2. The number of nitro groups is 1. The molecular weight excluding hydrogens is 276 g/mol. The van der Waals surface area contributed by atoms with Gasteiger partial charge in [0, 0.05) is 24.7 Å². The van der Waals surface area contributed by atoms with Crippen molar-refractivity contribution in [1.82, 2.24) is 4.90 Å². The number of hydrogen-bond donors (Lipinski definition) is 2. The molecule has 0 radical (unpaired) electrons. The number of anilines is 1. The Balaban J connectivity index is 2.21. The van der Waals surface area contributed by atoms with Gasteiger partial charge in [-0.3, -0.25) is 20.8 Å². The van der Waals surface area contributed by atoms with Crippen LogP contribution in [0.2, 0.25) is 0 Å². The zero-order valence-corrected chi connectivity index (χ0v) is 11.7. The van der Waals surface area contributed by atoms with Gasteiger partial charge in [-0.25, -0.2) is 0 Å². The van der Waals surface area contributed by atoms with Gasteiger partial charge in [-0.2, -0.15) is 0 Å². The predicted molar refractivity (Wildman–Crippen MR) is 76.8 cm³/mol. The standard InChI is InChI=1S/C13H18N4O4/c1-2-10-8-16(5-6-21-10)13(18)9-3-4-12(17(19)20)11(7-9)15-14/h3-4,7,10,15H,2,5-6,8,14H2,1H3. The van der Waals surface area contributed by atoms with Crippen LogP contribution in [0.5, 0.6) is 0 Å². The van der Waals surface area contributed by atoms with E-state index in [-0.39, 0.29) is 23.4 Å². The maximum Gasteiger partial charge on any atom is 0.293 e. The molecule has 1 atom stereocenters. The summed E-state index contributed by atoms with van der Waals surface area (Å²) in [7, 11) is 0. The lowest BCUT2D eigenvalue weighted by atomic mass is 10.1. The number of nitrogen functional groups attached to an aromatic ring is 1.